The van der Waals surface area contributed by atoms with Crippen LogP contribution in [0.25, 0.3) is 27.7 Å². The summed E-state index contributed by atoms with van der Waals surface area (Å²) < 4.78 is 77.0. The highest BCUT2D eigenvalue weighted by Crippen LogP contribution is 2.35. The van der Waals surface area contributed by atoms with Crippen LogP contribution in [0.5, 0.6) is 5.88 Å². The van der Waals surface area contributed by atoms with Crippen LogP contribution in [0, 0.1) is 0 Å². The molecule has 6 rings (SSSR count). The summed E-state index contributed by atoms with van der Waals surface area (Å²) in [6.45, 7) is -0.678. The number of benzene rings is 1. The van der Waals surface area contributed by atoms with E-state index in [-0.39, 0.29) is 36.3 Å². The molecule has 1 aromatic carbocycles. The Bertz CT molecular complexity index is 1600. The molecule has 0 radical (unpaired) electrons. The second kappa shape index (κ2) is 9.99. The number of carbonyl (C=O) groups is 1. The minimum absolute atomic E-state index is 0.00706. The molecule has 218 valence electrons. The SMILES string of the molecule is COc1nc(N[C@@H]2CCN(C(=O)N3CCCC3)CC2(F)F)nn2ccc(-c3ccc4nnn(CC(F)(F)F)c4c3)c12. The predicted molar refractivity (Wildman–Crippen MR) is 137 cm³/mol. The number of alkyl halides is 5. The zero-order valence-electron chi connectivity index (χ0n) is 21.9. The highest BCUT2D eigenvalue weighted by atomic mass is 19.4. The number of rotatable bonds is 5. The Labute approximate surface area is 229 Å². The molecule has 2 amide bonds. The average molecular weight is 580 g/mol. The molecule has 1 atom stereocenters. The molecule has 0 unspecified atom stereocenters. The lowest BCUT2D eigenvalue weighted by Crippen LogP contribution is -2.58. The number of hydrogen-bond donors (Lipinski definition) is 1. The highest BCUT2D eigenvalue weighted by molar-refractivity contribution is 5.89. The Kier molecular flexibility index (Phi) is 6.57. The van der Waals surface area contributed by atoms with Gasteiger partial charge in [-0.25, -0.2) is 22.8 Å². The van der Waals surface area contributed by atoms with Crippen molar-refractivity contribution in [3.05, 3.63) is 30.5 Å². The molecule has 1 N–H and O–H groups in total. The maximum atomic E-state index is 15.2. The summed E-state index contributed by atoms with van der Waals surface area (Å²) in [5.41, 5.74) is 1.97. The number of urea groups is 1. The lowest BCUT2D eigenvalue weighted by molar-refractivity contribution is -0.142. The maximum absolute atomic E-state index is 15.2. The summed E-state index contributed by atoms with van der Waals surface area (Å²) in [6.07, 6.45) is -1.16. The first-order valence-corrected chi connectivity index (χ1v) is 13.0. The molecule has 2 saturated heterocycles. The van der Waals surface area contributed by atoms with E-state index in [4.69, 9.17) is 4.74 Å². The van der Waals surface area contributed by atoms with Gasteiger partial charge >= 0.3 is 12.2 Å². The van der Waals surface area contributed by atoms with Crippen molar-refractivity contribution in [3.8, 4) is 17.0 Å². The third kappa shape index (κ3) is 5.17. The van der Waals surface area contributed by atoms with E-state index in [9.17, 15) is 18.0 Å². The molecule has 0 saturated carbocycles. The fourth-order valence-electron chi connectivity index (χ4n) is 5.39. The van der Waals surface area contributed by atoms with Gasteiger partial charge < -0.3 is 19.9 Å². The van der Waals surface area contributed by atoms with E-state index in [1.54, 1.807) is 29.3 Å². The molecule has 4 aromatic rings. The first kappa shape index (κ1) is 27.0. The zero-order valence-corrected chi connectivity index (χ0v) is 21.9. The third-order valence-corrected chi connectivity index (χ3v) is 7.38. The van der Waals surface area contributed by atoms with E-state index < -0.39 is 31.2 Å². The number of nitrogens with one attached hydrogen (secondary N) is 1. The zero-order chi connectivity index (χ0) is 28.9. The Morgan fingerprint density at radius 3 is 2.63 bits per heavy atom. The number of piperidine rings is 1. The number of halogens is 5. The standard InChI is InChI=1S/C25H26F5N9O2/c1-41-21-20-16(15-4-5-17-18(12-15)39(35-33-17)14-25(28,29)30)6-11-38(20)34-22(32-21)31-19-7-10-37(13-24(19,26)27)23(40)36-8-2-3-9-36/h4-6,11-12,19H,2-3,7-10,13-14H2,1H3,(H,31,34)/t19-/m1/s1. The largest absolute Gasteiger partial charge is 0.479 e. The first-order chi connectivity index (χ1) is 19.5. The van der Waals surface area contributed by atoms with Gasteiger partial charge in [-0.05, 0) is 43.0 Å². The first-order valence-electron chi connectivity index (χ1n) is 13.0. The fourth-order valence-corrected chi connectivity index (χ4v) is 5.39. The van der Waals surface area contributed by atoms with Gasteiger partial charge in [-0.3, -0.25) is 0 Å². The van der Waals surface area contributed by atoms with Crippen molar-refractivity contribution >= 4 is 28.5 Å². The van der Waals surface area contributed by atoms with E-state index in [0.29, 0.717) is 35.2 Å². The van der Waals surface area contributed by atoms with Crippen LogP contribution < -0.4 is 10.1 Å². The fraction of sp³-hybridized carbons (Fsp3) is 0.480. The lowest BCUT2D eigenvalue weighted by Gasteiger charge is -2.39. The number of likely N-dealkylation sites (tertiary alicyclic amines) is 2. The van der Waals surface area contributed by atoms with Gasteiger partial charge in [0.15, 0.2) is 0 Å². The van der Waals surface area contributed by atoms with Gasteiger partial charge in [-0.1, -0.05) is 11.3 Å². The lowest BCUT2D eigenvalue weighted by atomic mass is 10.0. The van der Waals surface area contributed by atoms with Crippen LogP contribution >= 0.6 is 0 Å². The smallest absolute Gasteiger partial charge is 0.408 e. The Balaban J connectivity index is 1.26. The van der Waals surface area contributed by atoms with Crippen LogP contribution in [0.1, 0.15) is 19.3 Å². The summed E-state index contributed by atoms with van der Waals surface area (Å²) in [5, 5.41) is 14.5. The van der Waals surface area contributed by atoms with Crippen LogP contribution in [0.15, 0.2) is 30.5 Å². The van der Waals surface area contributed by atoms with Gasteiger partial charge in [0.1, 0.15) is 17.6 Å². The number of fused-ring (bicyclic) bond motifs is 2. The Morgan fingerprint density at radius 1 is 1.15 bits per heavy atom. The Morgan fingerprint density at radius 2 is 1.93 bits per heavy atom. The summed E-state index contributed by atoms with van der Waals surface area (Å²) in [4.78, 5) is 19.7. The average Bonchev–Trinajstić information content (AvgIpc) is 3.68. The van der Waals surface area contributed by atoms with Gasteiger partial charge in [0, 0.05) is 31.4 Å². The molecule has 2 aliphatic heterocycles. The van der Waals surface area contributed by atoms with E-state index in [0.717, 1.165) is 17.5 Å². The van der Waals surface area contributed by atoms with Gasteiger partial charge in [-0.15, -0.1) is 10.2 Å². The molecule has 41 heavy (non-hydrogen) atoms. The number of ether oxygens (including phenoxy) is 1. The van der Waals surface area contributed by atoms with E-state index in [1.165, 1.54) is 22.6 Å². The van der Waals surface area contributed by atoms with Crippen molar-refractivity contribution in [2.24, 2.45) is 0 Å². The minimum Gasteiger partial charge on any atom is -0.479 e. The quantitative estimate of drug-likeness (QED) is 0.356. The number of aromatic nitrogens is 6. The van der Waals surface area contributed by atoms with Crippen LogP contribution in [0.3, 0.4) is 0 Å². The van der Waals surface area contributed by atoms with E-state index in [2.05, 4.69) is 25.7 Å². The number of nitrogens with zero attached hydrogens (tertiary/aromatic N) is 8. The van der Waals surface area contributed by atoms with Gasteiger partial charge in [0.25, 0.3) is 5.92 Å². The van der Waals surface area contributed by atoms with Crippen molar-refractivity contribution < 1.29 is 31.5 Å². The van der Waals surface area contributed by atoms with Gasteiger partial charge in [0.05, 0.1) is 25.2 Å². The molecule has 2 aliphatic rings. The van der Waals surface area contributed by atoms with Gasteiger partial charge in [0.2, 0.25) is 11.8 Å². The highest BCUT2D eigenvalue weighted by Gasteiger charge is 2.47. The van der Waals surface area contributed by atoms with Crippen LogP contribution in [-0.4, -0.2) is 96.9 Å². The summed E-state index contributed by atoms with van der Waals surface area (Å²) in [7, 11) is 1.37. The van der Waals surface area contributed by atoms with Crippen molar-refractivity contribution in [3.63, 3.8) is 0 Å². The second-order valence-corrected chi connectivity index (χ2v) is 10.2. The van der Waals surface area contributed by atoms with Crippen LogP contribution in [0.4, 0.5) is 32.7 Å². The molecule has 2 fully saturated rings. The van der Waals surface area contributed by atoms with Crippen LogP contribution in [-0.2, 0) is 6.54 Å². The summed E-state index contributed by atoms with van der Waals surface area (Å²) >= 11 is 0. The number of hydrogen-bond acceptors (Lipinski definition) is 7. The molecular weight excluding hydrogens is 553 g/mol. The molecule has 11 nitrogen and oxygen atoms in total. The molecular formula is C25H26F5N9O2. The number of anilines is 1. The third-order valence-electron chi connectivity index (χ3n) is 7.38. The number of carbonyl (C=O) groups excluding carboxylic acids is 1. The monoisotopic (exact) mass is 579 g/mol. The molecule has 3 aromatic heterocycles. The normalized spacial score (nSPS) is 19.3. The number of amides is 2. The summed E-state index contributed by atoms with van der Waals surface area (Å²) in [5.74, 6) is -3.25. The van der Waals surface area contributed by atoms with Crippen molar-refractivity contribution in [1.82, 2.24) is 39.4 Å². The van der Waals surface area contributed by atoms with Crippen molar-refractivity contribution in [1.29, 1.82) is 0 Å². The van der Waals surface area contributed by atoms with E-state index in [1.807, 2.05) is 0 Å². The van der Waals surface area contributed by atoms with Crippen molar-refractivity contribution in [2.45, 2.75) is 43.9 Å². The molecule has 16 heteroatoms. The van der Waals surface area contributed by atoms with Crippen LogP contribution in [0.2, 0.25) is 0 Å². The molecule has 0 aliphatic carbocycles. The minimum atomic E-state index is -4.48. The van der Waals surface area contributed by atoms with Gasteiger partial charge in [-0.2, -0.15) is 18.2 Å². The van der Waals surface area contributed by atoms with E-state index >= 15 is 8.78 Å². The topological polar surface area (TPSA) is 106 Å². The predicted octanol–water partition coefficient (Wildman–Crippen LogP) is 4.05. The Hall–Kier alpha value is -4.24. The second-order valence-electron chi connectivity index (χ2n) is 10.2. The van der Waals surface area contributed by atoms with Crippen molar-refractivity contribution in [2.75, 3.05) is 38.6 Å². The molecule has 5 heterocycles. The number of methoxy groups -OCH3 is 1. The molecule has 0 spiro atoms. The summed E-state index contributed by atoms with van der Waals surface area (Å²) in [6, 6.07) is 4.75. The molecule has 0 bridgehead atoms. The maximum Gasteiger partial charge on any atom is 0.408 e.